The van der Waals surface area contributed by atoms with Gasteiger partial charge in [-0.25, -0.2) is 4.39 Å². The lowest BCUT2D eigenvalue weighted by Crippen LogP contribution is -2.34. The summed E-state index contributed by atoms with van der Waals surface area (Å²) in [6.07, 6.45) is 1.26. The molecule has 0 saturated heterocycles. The third kappa shape index (κ3) is 6.02. The van der Waals surface area contributed by atoms with Crippen molar-refractivity contribution < 1.29 is 14.2 Å². The van der Waals surface area contributed by atoms with Gasteiger partial charge in [-0.1, -0.05) is 27.7 Å². The smallest absolute Gasteiger partial charge is 0.124 e. The third-order valence-corrected chi connectivity index (χ3v) is 3.70. The number of hydrogen-bond acceptors (Lipinski definition) is 3. The van der Waals surface area contributed by atoms with Crippen LogP contribution in [0.15, 0.2) is 18.2 Å². The summed E-state index contributed by atoms with van der Waals surface area (Å²) in [4.78, 5) is 0. The number of ether oxygens (including phenoxy) is 1. The van der Waals surface area contributed by atoms with Crippen molar-refractivity contribution in [2.75, 3.05) is 13.2 Å². The maximum atomic E-state index is 13.4. The summed E-state index contributed by atoms with van der Waals surface area (Å²) in [6.45, 7) is 9.76. The highest BCUT2D eigenvalue weighted by atomic mass is 19.1. The molecule has 1 aromatic rings. The normalized spacial score (nSPS) is 12.0. The van der Waals surface area contributed by atoms with Gasteiger partial charge in [0.1, 0.15) is 18.2 Å². The van der Waals surface area contributed by atoms with E-state index < -0.39 is 5.60 Å². The molecule has 2 N–H and O–H groups in total. The molecule has 4 heteroatoms. The zero-order valence-corrected chi connectivity index (χ0v) is 13.6. The van der Waals surface area contributed by atoms with Crippen LogP contribution in [0.1, 0.15) is 46.1 Å². The molecule has 120 valence electrons. The van der Waals surface area contributed by atoms with Crippen LogP contribution >= 0.6 is 0 Å². The van der Waals surface area contributed by atoms with Gasteiger partial charge in [0, 0.05) is 12.1 Å². The van der Waals surface area contributed by atoms with Crippen LogP contribution in [0, 0.1) is 11.7 Å². The van der Waals surface area contributed by atoms with E-state index in [1.54, 1.807) is 6.07 Å². The minimum absolute atomic E-state index is 0.225. The van der Waals surface area contributed by atoms with Gasteiger partial charge in [-0.15, -0.1) is 0 Å². The van der Waals surface area contributed by atoms with Gasteiger partial charge in [-0.05, 0) is 43.5 Å². The first-order chi connectivity index (χ1) is 9.90. The number of hydrogen-bond donors (Lipinski definition) is 2. The van der Waals surface area contributed by atoms with Gasteiger partial charge in [0.25, 0.3) is 0 Å². The average Bonchev–Trinajstić information content (AvgIpc) is 2.45. The summed E-state index contributed by atoms with van der Waals surface area (Å²) in [6, 6.07) is 4.51. The Kier molecular flexibility index (Phi) is 7.12. The van der Waals surface area contributed by atoms with Gasteiger partial charge < -0.3 is 15.2 Å². The average molecular weight is 297 g/mol. The van der Waals surface area contributed by atoms with Crippen LogP contribution in [-0.4, -0.2) is 23.9 Å². The first-order valence-electron chi connectivity index (χ1n) is 7.74. The number of aliphatic hydroxyl groups is 1. The highest BCUT2D eigenvalue weighted by molar-refractivity contribution is 5.34. The molecule has 0 aliphatic carbocycles. The topological polar surface area (TPSA) is 41.5 Å². The standard InChI is InChI=1S/C17H28FNO2/c1-5-17(20,6-2)12-21-16-8-7-15(18)9-14(16)11-19-10-13(3)4/h7-9,13,19-20H,5-6,10-12H2,1-4H3. The molecule has 0 bridgehead atoms. The lowest BCUT2D eigenvalue weighted by Gasteiger charge is -2.26. The van der Waals surface area contributed by atoms with Crippen molar-refractivity contribution in [3.05, 3.63) is 29.6 Å². The molecule has 21 heavy (non-hydrogen) atoms. The molecule has 0 aliphatic rings. The van der Waals surface area contributed by atoms with Crippen LogP contribution in [0.5, 0.6) is 5.75 Å². The quantitative estimate of drug-likeness (QED) is 0.733. The van der Waals surface area contributed by atoms with E-state index >= 15 is 0 Å². The van der Waals surface area contributed by atoms with E-state index in [0.717, 1.165) is 12.1 Å². The Morgan fingerprint density at radius 1 is 1.29 bits per heavy atom. The molecule has 0 spiro atoms. The second-order valence-corrected chi connectivity index (χ2v) is 6.00. The number of benzene rings is 1. The molecule has 0 aliphatic heterocycles. The number of rotatable bonds is 9. The molecule has 0 heterocycles. The Morgan fingerprint density at radius 2 is 1.95 bits per heavy atom. The molecule has 1 rings (SSSR count). The second-order valence-electron chi connectivity index (χ2n) is 6.00. The lowest BCUT2D eigenvalue weighted by atomic mass is 9.99. The van der Waals surface area contributed by atoms with Gasteiger partial charge in [-0.2, -0.15) is 0 Å². The number of nitrogens with one attached hydrogen (secondary N) is 1. The van der Waals surface area contributed by atoms with Crippen molar-refractivity contribution in [1.29, 1.82) is 0 Å². The monoisotopic (exact) mass is 297 g/mol. The number of halogens is 1. The van der Waals surface area contributed by atoms with Crippen molar-refractivity contribution in [3.63, 3.8) is 0 Å². The fraction of sp³-hybridized carbons (Fsp3) is 0.647. The Balaban J connectivity index is 2.72. The molecule has 0 radical (unpaired) electrons. The van der Waals surface area contributed by atoms with Crippen LogP contribution in [0.4, 0.5) is 4.39 Å². The molecule has 3 nitrogen and oxygen atoms in total. The van der Waals surface area contributed by atoms with Crippen LogP contribution in [0.3, 0.4) is 0 Å². The Hall–Kier alpha value is -1.13. The summed E-state index contributed by atoms with van der Waals surface area (Å²) in [5, 5.41) is 13.6. The van der Waals surface area contributed by atoms with E-state index in [0.29, 0.717) is 31.1 Å². The summed E-state index contributed by atoms with van der Waals surface area (Å²) in [5.41, 5.74) is -0.0398. The van der Waals surface area contributed by atoms with Crippen LogP contribution in [0.2, 0.25) is 0 Å². The summed E-state index contributed by atoms with van der Waals surface area (Å²) in [5.74, 6) is 0.895. The lowest BCUT2D eigenvalue weighted by molar-refractivity contribution is -0.0116. The van der Waals surface area contributed by atoms with Gasteiger partial charge in [0.2, 0.25) is 0 Å². The van der Waals surface area contributed by atoms with Gasteiger partial charge in [-0.3, -0.25) is 0 Å². The van der Waals surface area contributed by atoms with Crippen LogP contribution in [0.25, 0.3) is 0 Å². The van der Waals surface area contributed by atoms with E-state index in [1.165, 1.54) is 12.1 Å². The van der Waals surface area contributed by atoms with E-state index in [2.05, 4.69) is 19.2 Å². The predicted octanol–water partition coefficient (Wildman–Crippen LogP) is 3.50. The van der Waals surface area contributed by atoms with Gasteiger partial charge in [0.15, 0.2) is 0 Å². The maximum Gasteiger partial charge on any atom is 0.124 e. The molecular weight excluding hydrogens is 269 g/mol. The minimum Gasteiger partial charge on any atom is -0.490 e. The summed E-state index contributed by atoms with van der Waals surface area (Å²) < 4.78 is 19.1. The zero-order chi connectivity index (χ0) is 15.9. The van der Waals surface area contributed by atoms with Crippen molar-refractivity contribution in [1.82, 2.24) is 5.32 Å². The highest BCUT2D eigenvalue weighted by Gasteiger charge is 2.23. The molecule has 0 aromatic heterocycles. The fourth-order valence-electron chi connectivity index (χ4n) is 1.99. The van der Waals surface area contributed by atoms with Gasteiger partial charge in [0.05, 0.1) is 5.60 Å². The molecule has 0 amide bonds. The van der Waals surface area contributed by atoms with Crippen molar-refractivity contribution in [2.24, 2.45) is 5.92 Å². The molecular formula is C17H28FNO2. The molecule has 0 atom stereocenters. The van der Waals surface area contributed by atoms with E-state index in [4.69, 9.17) is 4.74 Å². The SMILES string of the molecule is CCC(O)(CC)COc1ccc(F)cc1CNCC(C)C. The first kappa shape index (κ1) is 17.9. The fourth-order valence-corrected chi connectivity index (χ4v) is 1.99. The minimum atomic E-state index is -0.822. The summed E-state index contributed by atoms with van der Waals surface area (Å²) >= 11 is 0. The Bertz CT molecular complexity index is 431. The zero-order valence-electron chi connectivity index (χ0n) is 13.6. The Labute approximate surface area is 127 Å². The third-order valence-electron chi connectivity index (χ3n) is 3.70. The summed E-state index contributed by atoms with van der Waals surface area (Å²) in [7, 11) is 0. The van der Waals surface area contributed by atoms with Crippen molar-refractivity contribution in [3.8, 4) is 5.75 Å². The largest absolute Gasteiger partial charge is 0.490 e. The van der Waals surface area contributed by atoms with E-state index in [9.17, 15) is 9.50 Å². The Morgan fingerprint density at radius 3 is 2.52 bits per heavy atom. The van der Waals surface area contributed by atoms with E-state index in [-0.39, 0.29) is 12.4 Å². The maximum absolute atomic E-state index is 13.4. The van der Waals surface area contributed by atoms with Crippen molar-refractivity contribution >= 4 is 0 Å². The molecule has 0 fully saturated rings. The highest BCUT2D eigenvalue weighted by Crippen LogP contribution is 2.23. The molecule has 1 aromatic carbocycles. The van der Waals surface area contributed by atoms with Crippen LogP contribution < -0.4 is 10.1 Å². The van der Waals surface area contributed by atoms with Gasteiger partial charge >= 0.3 is 0 Å². The predicted molar refractivity (Wildman–Crippen MR) is 84.0 cm³/mol. The van der Waals surface area contributed by atoms with Crippen LogP contribution in [-0.2, 0) is 6.54 Å². The first-order valence-corrected chi connectivity index (χ1v) is 7.74. The second kappa shape index (κ2) is 8.35. The van der Waals surface area contributed by atoms with Crippen molar-refractivity contribution in [2.45, 2.75) is 52.7 Å². The molecule has 0 saturated carbocycles. The van der Waals surface area contributed by atoms with E-state index in [1.807, 2.05) is 13.8 Å². The molecule has 0 unspecified atom stereocenters.